The van der Waals surface area contributed by atoms with Gasteiger partial charge in [-0.15, -0.1) is 0 Å². The van der Waals surface area contributed by atoms with Gasteiger partial charge in [0.2, 0.25) is 5.95 Å². The number of ether oxygens (including phenoxy) is 1. The summed E-state index contributed by atoms with van der Waals surface area (Å²) in [5, 5.41) is 16.1. The van der Waals surface area contributed by atoms with Crippen LogP contribution in [0.5, 0.6) is 5.75 Å². The summed E-state index contributed by atoms with van der Waals surface area (Å²) in [7, 11) is -0.106. The van der Waals surface area contributed by atoms with Crippen molar-refractivity contribution in [3.05, 3.63) is 52.5 Å². The second-order valence-electron chi connectivity index (χ2n) is 10.1. The van der Waals surface area contributed by atoms with E-state index in [0.29, 0.717) is 0 Å². The second-order valence-corrected chi connectivity index (χ2v) is 13.0. The van der Waals surface area contributed by atoms with Crippen LogP contribution in [-0.4, -0.2) is 66.9 Å². The number of nitrogens with zero attached hydrogens (tertiary/aromatic N) is 3. The molecule has 4 N–H and O–H groups in total. The van der Waals surface area contributed by atoms with E-state index in [1.165, 1.54) is 37.4 Å². The van der Waals surface area contributed by atoms with Gasteiger partial charge in [-0.05, 0) is 75.9 Å². The molecule has 1 fully saturated rings. The van der Waals surface area contributed by atoms with Gasteiger partial charge in [0.25, 0.3) is 0 Å². The fraction of sp³-hybridized carbons (Fsp3) is 0.444. The van der Waals surface area contributed by atoms with E-state index in [1.54, 1.807) is 7.05 Å². The van der Waals surface area contributed by atoms with Crippen molar-refractivity contribution in [1.29, 1.82) is 5.41 Å². The molecule has 0 bridgehead atoms. The van der Waals surface area contributed by atoms with Crippen molar-refractivity contribution in [3.63, 3.8) is 0 Å². The highest BCUT2D eigenvalue weighted by Crippen LogP contribution is 2.38. The molecule has 2 aromatic rings. The molecular weight excluding hydrogens is 538 g/mol. The van der Waals surface area contributed by atoms with Crippen LogP contribution in [-0.2, 0) is 9.84 Å². The smallest absolute Gasteiger partial charge is 0.229 e. The third kappa shape index (κ3) is 6.90. The lowest BCUT2D eigenvalue weighted by Crippen LogP contribution is -2.28. The Morgan fingerprint density at radius 1 is 1.31 bits per heavy atom. The Bertz CT molecular complexity index is 1420. The largest absolute Gasteiger partial charge is 0.488 e. The number of rotatable bonds is 10. The number of halogens is 1. The Balaban J connectivity index is 1.63. The monoisotopic (exact) mass is 573 g/mol. The van der Waals surface area contributed by atoms with E-state index < -0.39 is 20.1 Å². The Kier molecular flexibility index (Phi) is 8.83. The number of benzene rings is 1. The van der Waals surface area contributed by atoms with E-state index in [9.17, 15) is 8.42 Å². The molecule has 1 aromatic carbocycles. The minimum atomic E-state index is -3.84. The van der Waals surface area contributed by atoms with Crippen LogP contribution in [0, 0.1) is 12.3 Å². The molecule has 210 valence electrons. The van der Waals surface area contributed by atoms with Crippen LogP contribution in [0.3, 0.4) is 0 Å². The lowest BCUT2D eigenvalue weighted by Gasteiger charge is -2.24. The summed E-state index contributed by atoms with van der Waals surface area (Å²) in [4.78, 5) is 11.1. The van der Waals surface area contributed by atoms with Crippen LogP contribution in [0.4, 0.5) is 17.5 Å². The number of hydrogen-bond acceptors (Lipinski definition) is 10. The number of hydrogen-bond donors (Lipinski definition) is 4. The Morgan fingerprint density at radius 2 is 2.05 bits per heavy atom. The van der Waals surface area contributed by atoms with Gasteiger partial charge in [-0.1, -0.05) is 17.7 Å². The minimum Gasteiger partial charge on any atom is -0.488 e. The van der Waals surface area contributed by atoms with Crippen LogP contribution in [0.25, 0.3) is 5.57 Å². The second kappa shape index (κ2) is 11.9. The van der Waals surface area contributed by atoms with Gasteiger partial charge in [0, 0.05) is 26.3 Å². The molecule has 0 amide bonds. The molecule has 1 saturated carbocycles. The van der Waals surface area contributed by atoms with Gasteiger partial charge in [0.15, 0.2) is 20.7 Å². The molecule has 2 heterocycles. The third-order valence-electron chi connectivity index (χ3n) is 6.58. The first-order valence-corrected chi connectivity index (χ1v) is 14.9. The lowest BCUT2D eigenvalue weighted by atomic mass is 9.95. The summed E-state index contributed by atoms with van der Waals surface area (Å²) in [5.74, 6) is 1.13. The Hall–Kier alpha value is -3.15. The highest BCUT2D eigenvalue weighted by atomic mass is 35.5. The van der Waals surface area contributed by atoms with Gasteiger partial charge < -0.3 is 25.6 Å². The van der Waals surface area contributed by atoms with Crippen LogP contribution in [0.2, 0.25) is 5.02 Å². The van der Waals surface area contributed by atoms with E-state index in [4.69, 9.17) is 21.7 Å². The first kappa shape index (κ1) is 28.8. The van der Waals surface area contributed by atoms with Crippen molar-refractivity contribution >= 4 is 49.5 Å². The van der Waals surface area contributed by atoms with Crippen molar-refractivity contribution in [3.8, 4) is 5.75 Å². The molecule has 12 heteroatoms. The number of nitrogens with one attached hydrogen (secondary N) is 4. The van der Waals surface area contributed by atoms with Crippen molar-refractivity contribution in [1.82, 2.24) is 20.2 Å². The lowest BCUT2D eigenvalue weighted by molar-refractivity contribution is 0.304. The minimum absolute atomic E-state index is 0.0158. The highest BCUT2D eigenvalue weighted by Gasteiger charge is 2.28. The van der Waals surface area contributed by atoms with Gasteiger partial charge in [0.1, 0.15) is 10.8 Å². The van der Waals surface area contributed by atoms with E-state index in [2.05, 4.69) is 56.9 Å². The normalized spacial score (nSPS) is 16.6. The van der Waals surface area contributed by atoms with E-state index in [0.717, 1.165) is 49.4 Å². The van der Waals surface area contributed by atoms with Gasteiger partial charge in [-0.3, -0.25) is 5.41 Å². The van der Waals surface area contributed by atoms with Gasteiger partial charge in [-0.25, -0.2) is 13.4 Å². The van der Waals surface area contributed by atoms with Crippen LogP contribution >= 0.6 is 11.6 Å². The fourth-order valence-corrected chi connectivity index (χ4v) is 5.09. The standard InChI is InChI=1S/C27H36ClN7O3S/c1-16(2)39(36,37)25(29)23(15-30-4)32-26-21(28)14-31-27(34-26)33-22-12-17(3)20(13-24(22)38-19-6-7-19)18-8-10-35(5)11-9-18/h8,12-16,19,29-30H,6-7,9-11H2,1-5H3,(H2,31,32,33,34)/b23-15+,29-25?. The molecule has 1 aliphatic carbocycles. The molecule has 0 saturated heterocycles. The molecule has 39 heavy (non-hydrogen) atoms. The number of aryl methyl sites for hydroxylation is 1. The number of anilines is 3. The zero-order valence-electron chi connectivity index (χ0n) is 22.9. The van der Waals surface area contributed by atoms with Crippen molar-refractivity contribution in [2.75, 3.05) is 37.8 Å². The Labute approximate surface area is 235 Å². The fourth-order valence-electron chi connectivity index (χ4n) is 4.06. The number of likely N-dealkylation sites (N-methyl/N-ethyl adjacent to an activating group) is 1. The molecule has 0 radical (unpaired) electrons. The molecular formula is C27H36ClN7O3S. The van der Waals surface area contributed by atoms with E-state index in [1.807, 2.05) is 6.07 Å². The van der Waals surface area contributed by atoms with Gasteiger partial charge >= 0.3 is 0 Å². The molecule has 2 aliphatic rings. The van der Waals surface area contributed by atoms with Gasteiger partial charge in [-0.2, -0.15) is 4.98 Å². The molecule has 10 nitrogen and oxygen atoms in total. The van der Waals surface area contributed by atoms with Crippen molar-refractivity contribution in [2.45, 2.75) is 51.4 Å². The molecule has 0 unspecified atom stereocenters. The highest BCUT2D eigenvalue weighted by molar-refractivity contribution is 8.07. The SMILES string of the molecule is CN/C=C(/Nc1nc(Nc2cc(C)c(C3=CCN(C)CC3)cc2OC2CC2)ncc1Cl)C(=N)S(=O)(=O)C(C)C. The van der Waals surface area contributed by atoms with E-state index in [-0.39, 0.29) is 28.6 Å². The Morgan fingerprint density at radius 3 is 2.67 bits per heavy atom. The summed E-state index contributed by atoms with van der Waals surface area (Å²) in [6.07, 6.45) is 8.29. The maximum Gasteiger partial charge on any atom is 0.229 e. The first-order chi connectivity index (χ1) is 18.5. The number of sulfone groups is 1. The van der Waals surface area contributed by atoms with Crippen LogP contribution < -0.4 is 20.7 Å². The first-order valence-electron chi connectivity index (χ1n) is 13.0. The molecule has 0 atom stereocenters. The van der Waals surface area contributed by atoms with Crippen LogP contribution in [0.15, 0.2) is 36.3 Å². The molecule has 4 rings (SSSR count). The summed E-state index contributed by atoms with van der Waals surface area (Å²) in [6, 6.07) is 4.13. The van der Waals surface area contributed by atoms with Crippen LogP contribution in [0.1, 0.15) is 44.2 Å². The maximum absolute atomic E-state index is 12.6. The average Bonchev–Trinajstić information content (AvgIpc) is 3.71. The predicted molar refractivity (Wildman–Crippen MR) is 158 cm³/mol. The van der Waals surface area contributed by atoms with Crippen molar-refractivity contribution < 1.29 is 13.2 Å². The number of aromatic nitrogens is 2. The summed E-state index contributed by atoms with van der Waals surface area (Å²) >= 11 is 6.36. The molecule has 1 aromatic heterocycles. The summed E-state index contributed by atoms with van der Waals surface area (Å²) in [6.45, 7) is 7.06. The maximum atomic E-state index is 12.6. The van der Waals surface area contributed by atoms with E-state index >= 15 is 0 Å². The van der Waals surface area contributed by atoms with Crippen molar-refractivity contribution in [2.24, 2.45) is 0 Å². The average molecular weight is 574 g/mol. The zero-order chi connectivity index (χ0) is 28.3. The molecule has 0 spiro atoms. The predicted octanol–water partition coefficient (Wildman–Crippen LogP) is 4.72. The summed E-state index contributed by atoms with van der Waals surface area (Å²) in [5.41, 5.74) is 4.34. The summed E-state index contributed by atoms with van der Waals surface area (Å²) < 4.78 is 31.5. The molecule has 1 aliphatic heterocycles. The third-order valence-corrected chi connectivity index (χ3v) is 8.89. The topological polar surface area (TPSA) is 132 Å². The van der Waals surface area contributed by atoms with Gasteiger partial charge in [0.05, 0.1) is 28.9 Å². The quantitative estimate of drug-likeness (QED) is 0.235. The zero-order valence-corrected chi connectivity index (χ0v) is 24.5.